The summed E-state index contributed by atoms with van der Waals surface area (Å²) in [7, 11) is 0. The van der Waals surface area contributed by atoms with E-state index in [1.54, 1.807) is 11.8 Å². The van der Waals surface area contributed by atoms with Crippen LogP contribution in [0.3, 0.4) is 0 Å². The highest BCUT2D eigenvalue weighted by Gasteiger charge is 2.26. The molecular formula is C21H29N5O3. The molecule has 0 unspecified atom stereocenters. The second kappa shape index (κ2) is 10.5. The van der Waals surface area contributed by atoms with Crippen LogP contribution in [0.2, 0.25) is 0 Å². The van der Waals surface area contributed by atoms with Crippen molar-refractivity contribution in [1.29, 1.82) is 5.26 Å². The number of nitrogens with zero attached hydrogens (tertiary/aromatic N) is 3. The number of Topliss-reactive ketones (excluding diaryl/α,β-unsaturated/α-hetero) is 1. The molecule has 1 aliphatic rings. The quantitative estimate of drug-likeness (QED) is 0.537. The van der Waals surface area contributed by atoms with Crippen LogP contribution in [0.25, 0.3) is 0 Å². The summed E-state index contributed by atoms with van der Waals surface area (Å²) in [4.78, 5) is 40.2. The molecule has 1 aliphatic heterocycles. The number of nitriles is 1. The highest BCUT2D eigenvalue weighted by Crippen LogP contribution is 2.18. The number of amides is 3. The van der Waals surface area contributed by atoms with E-state index in [0.29, 0.717) is 38.2 Å². The van der Waals surface area contributed by atoms with E-state index in [0.717, 1.165) is 5.69 Å². The number of hydrogen-bond acceptors (Lipinski definition) is 5. The van der Waals surface area contributed by atoms with Gasteiger partial charge < -0.3 is 20.4 Å². The lowest BCUT2D eigenvalue weighted by molar-refractivity contribution is -0.123. The van der Waals surface area contributed by atoms with Gasteiger partial charge in [0.25, 0.3) is 0 Å². The lowest BCUT2D eigenvalue weighted by Gasteiger charge is -2.36. The Labute approximate surface area is 171 Å². The van der Waals surface area contributed by atoms with Crippen LogP contribution in [-0.2, 0) is 4.79 Å². The number of carbonyl (C=O) groups excluding carboxylic acids is 3. The summed E-state index contributed by atoms with van der Waals surface area (Å²) in [6.07, 6.45) is 0.505. The predicted octanol–water partition coefficient (Wildman–Crippen LogP) is 1.78. The first-order valence-corrected chi connectivity index (χ1v) is 9.88. The number of nitrogens with one attached hydrogen (secondary N) is 2. The van der Waals surface area contributed by atoms with Crippen LogP contribution < -0.4 is 15.5 Å². The van der Waals surface area contributed by atoms with Crippen molar-refractivity contribution in [3.05, 3.63) is 29.8 Å². The molecule has 1 saturated heterocycles. The van der Waals surface area contributed by atoms with Crippen molar-refractivity contribution in [3.63, 3.8) is 0 Å². The Kier molecular flexibility index (Phi) is 8.01. The normalized spacial score (nSPS) is 14.9. The molecule has 1 atom stereocenters. The number of hydrogen-bond donors (Lipinski definition) is 2. The number of carbonyl (C=O) groups is 3. The van der Waals surface area contributed by atoms with Crippen LogP contribution in [0.15, 0.2) is 24.3 Å². The van der Waals surface area contributed by atoms with Crippen molar-refractivity contribution in [2.75, 3.05) is 37.6 Å². The topological polar surface area (TPSA) is 106 Å². The van der Waals surface area contributed by atoms with Crippen LogP contribution in [0.5, 0.6) is 0 Å². The molecule has 29 heavy (non-hydrogen) atoms. The van der Waals surface area contributed by atoms with Crippen LogP contribution in [0.1, 0.15) is 37.6 Å². The van der Waals surface area contributed by atoms with Gasteiger partial charge in [-0.25, -0.2) is 4.79 Å². The van der Waals surface area contributed by atoms with Gasteiger partial charge in [-0.1, -0.05) is 13.8 Å². The molecule has 156 valence electrons. The smallest absolute Gasteiger partial charge is 0.318 e. The van der Waals surface area contributed by atoms with Gasteiger partial charge in [0.15, 0.2) is 5.78 Å². The van der Waals surface area contributed by atoms with E-state index in [4.69, 9.17) is 5.26 Å². The fourth-order valence-corrected chi connectivity index (χ4v) is 3.27. The van der Waals surface area contributed by atoms with Crippen molar-refractivity contribution < 1.29 is 14.4 Å². The summed E-state index contributed by atoms with van der Waals surface area (Å²) >= 11 is 0. The second-order valence-corrected chi connectivity index (χ2v) is 7.58. The van der Waals surface area contributed by atoms with Crippen LogP contribution in [-0.4, -0.2) is 61.4 Å². The molecule has 1 aromatic rings. The van der Waals surface area contributed by atoms with Gasteiger partial charge in [0.1, 0.15) is 12.6 Å². The first-order valence-electron chi connectivity index (χ1n) is 9.88. The summed E-state index contributed by atoms with van der Waals surface area (Å²) in [6, 6.07) is 8.41. The Morgan fingerprint density at radius 2 is 1.72 bits per heavy atom. The predicted molar refractivity (Wildman–Crippen MR) is 111 cm³/mol. The van der Waals surface area contributed by atoms with Crippen molar-refractivity contribution in [2.24, 2.45) is 5.92 Å². The molecule has 0 aliphatic carbocycles. The molecule has 8 nitrogen and oxygen atoms in total. The lowest BCUT2D eigenvalue weighted by Crippen LogP contribution is -2.56. The lowest BCUT2D eigenvalue weighted by atomic mass is 10.0. The SMILES string of the molecule is CC(=O)c1ccc(N2CCN(C(=O)N[C@@H](CC(C)C)C(=O)NCC#N)CC2)cc1. The first kappa shape index (κ1) is 22.2. The first-order chi connectivity index (χ1) is 13.8. The minimum absolute atomic E-state index is 0.0350. The zero-order valence-electron chi connectivity index (χ0n) is 17.3. The van der Waals surface area contributed by atoms with E-state index in [1.165, 1.54) is 0 Å². The Morgan fingerprint density at radius 1 is 1.10 bits per heavy atom. The van der Waals surface area contributed by atoms with Gasteiger partial charge in [0.2, 0.25) is 5.91 Å². The molecular weight excluding hydrogens is 370 g/mol. The number of ketones is 1. The van der Waals surface area contributed by atoms with Gasteiger partial charge in [-0.15, -0.1) is 0 Å². The van der Waals surface area contributed by atoms with E-state index in [-0.39, 0.29) is 30.2 Å². The molecule has 1 fully saturated rings. The molecule has 0 bridgehead atoms. The number of anilines is 1. The van der Waals surface area contributed by atoms with Crippen LogP contribution in [0, 0.1) is 17.2 Å². The van der Waals surface area contributed by atoms with Gasteiger partial charge in [0.05, 0.1) is 6.07 Å². The van der Waals surface area contributed by atoms with Gasteiger partial charge in [-0.2, -0.15) is 5.26 Å². The highest BCUT2D eigenvalue weighted by molar-refractivity contribution is 5.94. The maximum atomic E-state index is 12.6. The zero-order chi connectivity index (χ0) is 21.4. The van der Waals surface area contributed by atoms with Crippen molar-refractivity contribution in [1.82, 2.24) is 15.5 Å². The fraction of sp³-hybridized carbons (Fsp3) is 0.524. The third-order valence-corrected chi connectivity index (χ3v) is 4.87. The number of rotatable bonds is 7. The number of benzene rings is 1. The molecule has 0 spiro atoms. The van der Waals surface area contributed by atoms with Crippen LogP contribution in [0.4, 0.5) is 10.5 Å². The molecule has 1 aromatic carbocycles. The van der Waals surface area contributed by atoms with E-state index in [1.807, 2.05) is 44.2 Å². The van der Waals surface area contributed by atoms with Gasteiger partial charge in [0, 0.05) is 37.4 Å². The summed E-state index contributed by atoms with van der Waals surface area (Å²) in [5, 5.41) is 14.0. The van der Waals surface area contributed by atoms with Gasteiger partial charge >= 0.3 is 6.03 Å². The summed E-state index contributed by atoms with van der Waals surface area (Å²) in [6.45, 7) is 7.83. The molecule has 8 heteroatoms. The van der Waals surface area contributed by atoms with Gasteiger partial charge in [-0.3, -0.25) is 9.59 Å². The van der Waals surface area contributed by atoms with Gasteiger partial charge in [-0.05, 0) is 43.5 Å². The van der Waals surface area contributed by atoms with Crippen molar-refractivity contribution >= 4 is 23.4 Å². The number of piperazine rings is 1. The van der Waals surface area contributed by atoms with E-state index < -0.39 is 6.04 Å². The second-order valence-electron chi connectivity index (χ2n) is 7.58. The minimum atomic E-state index is -0.659. The Balaban J connectivity index is 1.91. The largest absolute Gasteiger partial charge is 0.368 e. The third-order valence-electron chi connectivity index (χ3n) is 4.87. The van der Waals surface area contributed by atoms with E-state index >= 15 is 0 Å². The Hall–Kier alpha value is -3.08. The maximum absolute atomic E-state index is 12.6. The average Bonchev–Trinajstić information content (AvgIpc) is 2.71. The standard InChI is InChI=1S/C21H29N5O3/c1-15(2)14-19(20(28)23-9-8-22)24-21(29)26-12-10-25(11-13-26)18-6-4-17(5-7-18)16(3)27/h4-7,15,19H,9-14H2,1-3H3,(H,23,28)(H,24,29)/t19-/m0/s1. The molecule has 3 amide bonds. The molecule has 0 saturated carbocycles. The van der Waals surface area contributed by atoms with Crippen molar-refractivity contribution in [3.8, 4) is 6.07 Å². The number of urea groups is 1. The molecule has 1 heterocycles. The van der Waals surface area contributed by atoms with E-state index in [2.05, 4.69) is 15.5 Å². The Bertz CT molecular complexity index is 762. The summed E-state index contributed by atoms with van der Waals surface area (Å²) in [5.74, 6) is -0.0754. The van der Waals surface area contributed by atoms with E-state index in [9.17, 15) is 14.4 Å². The minimum Gasteiger partial charge on any atom is -0.368 e. The van der Waals surface area contributed by atoms with Crippen molar-refractivity contribution in [2.45, 2.75) is 33.2 Å². The summed E-state index contributed by atoms with van der Waals surface area (Å²) in [5.41, 5.74) is 1.70. The maximum Gasteiger partial charge on any atom is 0.318 e. The third kappa shape index (κ3) is 6.49. The summed E-state index contributed by atoms with van der Waals surface area (Å²) < 4.78 is 0. The van der Waals surface area contributed by atoms with Crippen LogP contribution >= 0.6 is 0 Å². The molecule has 2 N–H and O–H groups in total. The fourth-order valence-electron chi connectivity index (χ4n) is 3.27. The monoisotopic (exact) mass is 399 g/mol. The highest BCUT2D eigenvalue weighted by atomic mass is 16.2. The molecule has 0 aromatic heterocycles. The molecule has 2 rings (SSSR count). The molecule has 0 radical (unpaired) electrons. The Morgan fingerprint density at radius 3 is 2.24 bits per heavy atom. The zero-order valence-corrected chi connectivity index (χ0v) is 17.3. The average molecular weight is 399 g/mol.